The van der Waals surface area contributed by atoms with E-state index in [9.17, 15) is 4.79 Å². The predicted molar refractivity (Wildman–Crippen MR) is 44.9 cm³/mol. The summed E-state index contributed by atoms with van der Waals surface area (Å²) in [4.78, 5) is 17.0. The Kier molecular flexibility index (Phi) is 3.12. The van der Waals surface area contributed by atoms with Crippen molar-refractivity contribution < 1.29 is 9.90 Å². The van der Waals surface area contributed by atoms with Gasteiger partial charge in [0.05, 0.1) is 0 Å². The van der Waals surface area contributed by atoms with Crippen LogP contribution in [0.15, 0.2) is 17.6 Å². The average Bonchev–Trinajstić information content (AvgIpc) is 2.51. The summed E-state index contributed by atoms with van der Waals surface area (Å²) in [5.74, 6) is -0.669. The number of hydrogen-bond donors (Lipinski definition) is 3. The zero-order chi connectivity index (χ0) is 8.97. The van der Waals surface area contributed by atoms with Crippen molar-refractivity contribution in [3.05, 3.63) is 12.4 Å². The molecule has 0 spiro atoms. The van der Waals surface area contributed by atoms with E-state index in [4.69, 9.17) is 10.8 Å². The number of hydrogen-bond acceptors (Lipinski definition) is 4. The maximum absolute atomic E-state index is 10.3. The van der Waals surface area contributed by atoms with Gasteiger partial charge in [-0.1, -0.05) is 11.8 Å². The molecule has 6 heteroatoms. The van der Waals surface area contributed by atoms with Gasteiger partial charge in [-0.05, 0) is 0 Å². The summed E-state index contributed by atoms with van der Waals surface area (Å²) in [6.45, 7) is 0. The molecule has 1 aromatic rings. The first-order valence-corrected chi connectivity index (χ1v) is 4.29. The van der Waals surface area contributed by atoms with Gasteiger partial charge in [-0.25, -0.2) is 4.98 Å². The van der Waals surface area contributed by atoms with Crippen LogP contribution in [0, 0.1) is 0 Å². The summed E-state index contributed by atoms with van der Waals surface area (Å²) >= 11 is 1.29. The lowest BCUT2D eigenvalue weighted by Gasteiger charge is -2.02. The maximum atomic E-state index is 10.3. The normalized spacial score (nSPS) is 12.8. The molecule has 0 fully saturated rings. The molecular weight excluding hydrogens is 178 g/mol. The number of aliphatic carboxylic acids is 1. The Bertz CT molecular complexity index is 249. The van der Waals surface area contributed by atoms with E-state index in [0.717, 1.165) is 0 Å². The van der Waals surface area contributed by atoms with Crippen LogP contribution in [0.4, 0.5) is 0 Å². The number of imidazole rings is 1. The first kappa shape index (κ1) is 9.08. The molecule has 1 unspecified atom stereocenters. The number of nitrogens with zero attached hydrogens (tertiary/aromatic N) is 1. The van der Waals surface area contributed by atoms with Crippen LogP contribution >= 0.6 is 11.8 Å². The number of aromatic nitrogens is 2. The van der Waals surface area contributed by atoms with E-state index in [0.29, 0.717) is 10.9 Å². The van der Waals surface area contributed by atoms with Gasteiger partial charge in [0.2, 0.25) is 0 Å². The Balaban J connectivity index is 2.31. The molecule has 1 rings (SSSR count). The van der Waals surface area contributed by atoms with Crippen LogP contribution in [0.25, 0.3) is 0 Å². The van der Waals surface area contributed by atoms with Gasteiger partial charge in [0.15, 0.2) is 5.16 Å². The number of rotatable bonds is 4. The molecule has 0 aromatic carbocycles. The average molecular weight is 187 g/mol. The summed E-state index contributed by atoms with van der Waals surface area (Å²) in [7, 11) is 0. The molecule has 0 radical (unpaired) electrons. The Morgan fingerprint density at radius 3 is 3.17 bits per heavy atom. The quantitative estimate of drug-likeness (QED) is 0.573. The summed E-state index contributed by atoms with van der Waals surface area (Å²) < 4.78 is 0. The van der Waals surface area contributed by atoms with Crippen LogP contribution in [0.1, 0.15) is 0 Å². The van der Waals surface area contributed by atoms with Crippen molar-refractivity contribution in [1.82, 2.24) is 9.97 Å². The summed E-state index contributed by atoms with van der Waals surface area (Å²) in [6, 6.07) is -0.833. The largest absolute Gasteiger partial charge is 0.480 e. The second-order valence-corrected chi connectivity index (χ2v) is 3.16. The Morgan fingerprint density at radius 2 is 2.67 bits per heavy atom. The molecule has 0 bridgehead atoms. The molecule has 0 aliphatic carbocycles. The highest BCUT2D eigenvalue weighted by atomic mass is 32.2. The third-order valence-electron chi connectivity index (χ3n) is 1.19. The zero-order valence-corrected chi connectivity index (χ0v) is 7.04. The van der Waals surface area contributed by atoms with Gasteiger partial charge in [0, 0.05) is 18.1 Å². The van der Waals surface area contributed by atoms with E-state index in [1.807, 2.05) is 0 Å². The van der Waals surface area contributed by atoms with Crippen LogP contribution < -0.4 is 5.73 Å². The number of nitrogens with one attached hydrogen (secondary N) is 1. The van der Waals surface area contributed by atoms with Crippen LogP contribution in [0.5, 0.6) is 0 Å². The highest BCUT2D eigenvalue weighted by Gasteiger charge is 2.11. The minimum absolute atomic E-state index is 0.322. The van der Waals surface area contributed by atoms with Gasteiger partial charge in [-0.3, -0.25) is 4.79 Å². The fourth-order valence-corrected chi connectivity index (χ4v) is 1.34. The van der Waals surface area contributed by atoms with E-state index in [2.05, 4.69) is 9.97 Å². The van der Waals surface area contributed by atoms with Gasteiger partial charge in [-0.15, -0.1) is 0 Å². The fraction of sp³-hybridized carbons (Fsp3) is 0.333. The van der Waals surface area contributed by atoms with Crippen LogP contribution in [-0.4, -0.2) is 32.8 Å². The minimum atomic E-state index is -0.992. The number of carboxylic acids is 1. The Labute approximate surface area is 73.4 Å². The number of thioether (sulfide) groups is 1. The van der Waals surface area contributed by atoms with Gasteiger partial charge < -0.3 is 15.8 Å². The minimum Gasteiger partial charge on any atom is -0.480 e. The fourth-order valence-electron chi connectivity index (χ4n) is 0.570. The van der Waals surface area contributed by atoms with Crippen molar-refractivity contribution in [1.29, 1.82) is 0 Å². The van der Waals surface area contributed by atoms with Crippen LogP contribution in [0.2, 0.25) is 0 Å². The summed E-state index contributed by atoms with van der Waals surface area (Å²) in [5.41, 5.74) is 5.27. The van der Waals surface area contributed by atoms with Crippen molar-refractivity contribution in [2.75, 3.05) is 5.75 Å². The third-order valence-corrected chi connectivity index (χ3v) is 2.21. The second-order valence-electron chi connectivity index (χ2n) is 2.15. The zero-order valence-electron chi connectivity index (χ0n) is 6.23. The first-order chi connectivity index (χ1) is 5.70. The number of carboxylic acid groups (broad SMARTS) is 1. The van der Waals surface area contributed by atoms with Crippen molar-refractivity contribution in [3.63, 3.8) is 0 Å². The van der Waals surface area contributed by atoms with Crippen molar-refractivity contribution in [2.24, 2.45) is 5.73 Å². The van der Waals surface area contributed by atoms with Gasteiger partial charge >= 0.3 is 5.97 Å². The number of H-pyrrole nitrogens is 1. The molecule has 0 aliphatic rings. The Hall–Kier alpha value is -1.01. The SMILES string of the molecule is NC(CSc1ncc[nH]1)C(=O)O. The van der Waals surface area contributed by atoms with E-state index in [-0.39, 0.29) is 0 Å². The molecule has 12 heavy (non-hydrogen) atoms. The van der Waals surface area contributed by atoms with Crippen molar-refractivity contribution in [3.8, 4) is 0 Å². The van der Waals surface area contributed by atoms with Gasteiger partial charge in [0.25, 0.3) is 0 Å². The number of carbonyl (C=O) groups is 1. The topological polar surface area (TPSA) is 92.0 Å². The molecule has 1 heterocycles. The highest BCUT2D eigenvalue weighted by molar-refractivity contribution is 7.99. The predicted octanol–water partition coefficient (Wildman–Crippen LogP) is -0.0863. The molecular formula is C6H9N3O2S. The summed E-state index contributed by atoms with van der Waals surface area (Å²) in [6.07, 6.45) is 3.28. The third kappa shape index (κ3) is 2.55. The monoisotopic (exact) mass is 187 g/mol. The lowest BCUT2D eigenvalue weighted by Crippen LogP contribution is -2.32. The molecule has 5 nitrogen and oxygen atoms in total. The molecule has 1 atom stereocenters. The van der Waals surface area contributed by atoms with Crippen LogP contribution in [0.3, 0.4) is 0 Å². The Morgan fingerprint density at radius 1 is 1.92 bits per heavy atom. The first-order valence-electron chi connectivity index (χ1n) is 3.30. The van der Waals surface area contributed by atoms with Gasteiger partial charge in [0.1, 0.15) is 6.04 Å². The number of nitrogens with two attached hydrogens (primary N) is 1. The molecule has 1 aromatic heterocycles. The molecule has 0 saturated heterocycles. The van der Waals surface area contributed by atoms with Crippen LogP contribution in [-0.2, 0) is 4.79 Å². The molecule has 0 amide bonds. The second kappa shape index (κ2) is 4.13. The lowest BCUT2D eigenvalue weighted by atomic mass is 10.4. The number of aromatic amines is 1. The van der Waals surface area contributed by atoms with E-state index < -0.39 is 12.0 Å². The molecule has 0 aliphatic heterocycles. The molecule has 0 saturated carbocycles. The molecule has 4 N–H and O–H groups in total. The lowest BCUT2D eigenvalue weighted by molar-refractivity contribution is -0.137. The van der Waals surface area contributed by atoms with Crippen molar-refractivity contribution >= 4 is 17.7 Å². The van der Waals surface area contributed by atoms with E-state index in [1.54, 1.807) is 12.4 Å². The summed E-state index contributed by atoms with van der Waals surface area (Å²) in [5, 5.41) is 9.13. The maximum Gasteiger partial charge on any atom is 0.321 e. The van der Waals surface area contributed by atoms with E-state index in [1.165, 1.54) is 11.8 Å². The van der Waals surface area contributed by atoms with E-state index >= 15 is 0 Å². The van der Waals surface area contributed by atoms with Gasteiger partial charge in [-0.2, -0.15) is 0 Å². The van der Waals surface area contributed by atoms with Crippen molar-refractivity contribution in [2.45, 2.75) is 11.2 Å². The smallest absolute Gasteiger partial charge is 0.321 e. The molecule has 66 valence electrons. The standard InChI is InChI=1S/C6H9N3O2S/c7-4(5(10)11)3-12-6-8-1-2-9-6/h1-2,4H,3,7H2,(H,8,9)(H,10,11). The highest BCUT2D eigenvalue weighted by Crippen LogP contribution is 2.11.